The van der Waals surface area contributed by atoms with Crippen molar-refractivity contribution < 1.29 is 4.74 Å². The summed E-state index contributed by atoms with van der Waals surface area (Å²) >= 11 is 2.93. The number of fused-ring (bicyclic) bond motifs is 1. The quantitative estimate of drug-likeness (QED) is 0.790. The predicted molar refractivity (Wildman–Crippen MR) is 70.0 cm³/mol. The van der Waals surface area contributed by atoms with Crippen LogP contribution in [0.15, 0.2) is 21.3 Å². The number of aromatic nitrogens is 1. The van der Waals surface area contributed by atoms with Crippen LogP contribution in [-0.2, 0) is 7.05 Å². The van der Waals surface area contributed by atoms with Crippen LogP contribution in [0.4, 0.5) is 0 Å². The smallest absolute Gasteiger partial charge is 0.213 e. The van der Waals surface area contributed by atoms with Crippen molar-refractivity contribution in [2.24, 2.45) is 7.05 Å². The Labute approximate surface area is 102 Å². The summed E-state index contributed by atoms with van der Waals surface area (Å²) in [5, 5.41) is 1.90. The average Bonchev–Trinajstić information content (AvgIpc) is 2.68. The van der Waals surface area contributed by atoms with Crippen LogP contribution < -0.4 is 10.2 Å². The lowest BCUT2D eigenvalue weighted by Gasteiger charge is -2.07. The van der Waals surface area contributed by atoms with E-state index >= 15 is 0 Å². The van der Waals surface area contributed by atoms with Crippen LogP contribution in [0.3, 0.4) is 0 Å². The van der Waals surface area contributed by atoms with E-state index in [0.29, 0.717) is 6.61 Å². The molecule has 16 heavy (non-hydrogen) atoms. The van der Waals surface area contributed by atoms with E-state index < -0.39 is 0 Å². The number of thioether (sulfide) groups is 1. The first-order valence-electron chi connectivity index (χ1n) is 4.96. The Bertz CT molecular complexity index is 571. The molecule has 0 aliphatic heterocycles. The third kappa shape index (κ3) is 1.74. The van der Waals surface area contributed by atoms with Crippen molar-refractivity contribution in [3.05, 3.63) is 21.8 Å². The largest absolute Gasteiger partial charge is 0.491 e. The number of pyridine rings is 1. The summed E-state index contributed by atoms with van der Waals surface area (Å²) in [4.78, 5) is 12.8. The molecule has 0 atom stereocenters. The summed E-state index contributed by atoms with van der Waals surface area (Å²) in [7, 11) is 1.94. The molecule has 0 spiro atoms. The number of ether oxygens (including phenoxy) is 1. The zero-order chi connectivity index (χ0) is 11.7. The molecule has 0 unspecified atom stereocenters. The highest BCUT2D eigenvalue weighted by molar-refractivity contribution is 7.98. The van der Waals surface area contributed by atoms with Crippen molar-refractivity contribution in [3.63, 3.8) is 0 Å². The molecule has 2 rings (SSSR count). The molecular formula is C11H13NO2S2. The molecule has 86 valence electrons. The minimum absolute atomic E-state index is 0.108. The predicted octanol–water partition coefficient (Wildman–Crippen LogP) is 2.72. The fourth-order valence-electron chi connectivity index (χ4n) is 1.65. The van der Waals surface area contributed by atoms with E-state index in [1.165, 1.54) is 23.1 Å². The normalized spacial score (nSPS) is 10.9. The Hall–Kier alpha value is -0.940. The van der Waals surface area contributed by atoms with Gasteiger partial charge in [-0.25, -0.2) is 0 Å². The van der Waals surface area contributed by atoms with E-state index in [-0.39, 0.29) is 5.43 Å². The van der Waals surface area contributed by atoms with Gasteiger partial charge >= 0.3 is 0 Å². The third-order valence-electron chi connectivity index (χ3n) is 2.35. The minimum atomic E-state index is 0.108. The van der Waals surface area contributed by atoms with Gasteiger partial charge in [0.05, 0.1) is 11.5 Å². The zero-order valence-corrected chi connectivity index (χ0v) is 11.1. The number of nitrogens with zero attached hydrogens (tertiary/aromatic N) is 1. The van der Waals surface area contributed by atoms with Crippen molar-refractivity contribution in [1.82, 2.24) is 4.57 Å². The Balaban J connectivity index is 2.76. The van der Waals surface area contributed by atoms with Crippen LogP contribution in [0.1, 0.15) is 6.92 Å². The average molecular weight is 255 g/mol. The molecule has 2 heterocycles. The van der Waals surface area contributed by atoms with Gasteiger partial charge < -0.3 is 9.30 Å². The molecule has 5 heteroatoms. The zero-order valence-electron chi connectivity index (χ0n) is 9.44. The highest BCUT2D eigenvalue weighted by Gasteiger charge is 2.13. The van der Waals surface area contributed by atoms with Gasteiger partial charge in [0, 0.05) is 18.6 Å². The number of aryl methyl sites for hydroxylation is 1. The second-order valence-corrected chi connectivity index (χ2v) is 5.08. The van der Waals surface area contributed by atoms with E-state index in [2.05, 4.69) is 0 Å². The van der Waals surface area contributed by atoms with Crippen LogP contribution in [0.25, 0.3) is 10.2 Å². The van der Waals surface area contributed by atoms with E-state index in [0.717, 1.165) is 20.9 Å². The maximum absolute atomic E-state index is 12.0. The molecule has 0 aliphatic carbocycles. The molecule has 0 fully saturated rings. The van der Waals surface area contributed by atoms with Gasteiger partial charge in [0.15, 0.2) is 5.75 Å². The van der Waals surface area contributed by atoms with Gasteiger partial charge in [0.25, 0.3) is 0 Å². The van der Waals surface area contributed by atoms with Crippen molar-refractivity contribution in [1.29, 1.82) is 0 Å². The molecule has 0 aromatic carbocycles. The molecule has 0 radical (unpaired) electrons. The van der Waals surface area contributed by atoms with Crippen LogP contribution in [-0.4, -0.2) is 17.4 Å². The summed E-state index contributed by atoms with van der Waals surface area (Å²) in [5.74, 6) is 0.801. The lowest BCUT2D eigenvalue weighted by atomic mass is 10.3. The van der Waals surface area contributed by atoms with Crippen LogP contribution in [0.5, 0.6) is 5.75 Å². The molecule has 0 aliphatic rings. The first-order chi connectivity index (χ1) is 7.69. The van der Waals surface area contributed by atoms with E-state index in [1.54, 1.807) is 0 Å². The van der Waals surface area contributed by atoms with Gasteiger partial charge in [-0.1, -0.05) is 0 Å². The van der Waals surface area contributed by atoms with Crippen molar-refractivity contribution in [3.8, 4) is 5.75 Å². The summed E-state index contributed by atoms with van der Waals surface area (Å²) in [6, 6.07) is 0. The lowest BCUT2D eigenvalue weighted by Crippen LogP contribution is -2.07. The Morgan fingerprint density at radius 1 is 1.56 bits per heavy atom. The van der Waals surface area contributed by atoms with Gasteiger partial charge in [0.1, 0.15) is 10.2 Å². The molecule has 0 saturated heterocycles. The number of thiophene rings is 1. The van der Waals surface area contributed by atoms with Gasteiger partial charge in [-0.05, 0) is 13.2 Å². The maximum atomic E-state index is 12.0. The standard InChI is InChI=1S/C11H13NO2S2/c1-4-14-7-6-16-11-9(7)12(2)5-8(15-3)10(11)13/h5-6H,4H2,1-3H3. The van der Waals surface area contributed by atoms with Crippen molar-refractivity contribution in [2.75, 3.05) is 12.9 Å². The summed E-state index contributed by atoms with van der Waals surface area (Å²) in [6.45, 7) is 2.56. The molecule has 0 saturated carbocycles. The molecular weight excluding hydrogens is 242 g/mol. The summed E-state index contributed by atoms with van der Waals surface area (Å²) in [6.07, 6.45) is 3.78. The Kier molecular flexibility index (Phi) is 3.25. The first-order valence-corrected chi connectivity index (χ1v) is 7.07. The Morgan fingerprint density at radius 2 is 2.31 bits per heavy atom. The third-order valence-corrected chi connectivity index (χ3v) is 4.02. The van der Waals surface area contributed by atoms with Crippen molar-refractivity contribution >= 4 is 33.3 Å². The monoisotopic (exact) mass is 255 g/mol. The van der Waals surface area contributed by atoms with Gasteiger partial charge in [-0.2, -0.15) is 0 Å². The lowest BCUT2D eigenvalue weighted by molar-refractivity contribution is 0.344. The van der Waals surface area contributed by atoms with E-state index in [1.807, 2.05) is 36.4 Å². The van der Waals surface area contributed by atoms with Gasteiger partial charge in [-0.3, -0.25) is 4.79 Å². The second kappa shape index (κ2) is 4.51. The van der Waals surface area contributed by atoms with Crippen LogP contribution in [0, 0.1) is 0 Å². The molecule has 0 N–H and O–H groups in total. The fourth-order valence-corrected chi connectivity index (χ4v) is 3.24. The van der Waals surface area contributed by atoms with E-state index in [4.69, 9.17) is 4.74 Å². The summed E-state index contributed by atoms with van der Waals surface area (Å²) < 4.78 is 8.25. The molecule has 2 aromatic heterocycles. The van der Waals surface area contributed by atoms with E-state index in [9.17, 15) is 4.79 Å². The minimum Gasteiger partial charge on any atom is -0.491 e. The molecule has 0 amide bonds. The Morgan fingerprint density at radius 3 is 2.94 bits per heavy atom. The fraction of sp³-hybridized carbons (Fsp3) is 0.364. The highest BCUT2D eigenvalue weighted by atomic mass is 32.2. The van der Waals surface area contributed by atoms with Crippen LogP contribution in [0.2, 0.25) is 0 Å². The van der Waals surface area contributed by atoms with Crippen molar-refractivity contribution in [2.45, 2.75) is 11.8 Å². The number of hydrogen-bond donors (Lipinski definition) is 0. The van der Waals surface area contributed by atoms with Gasteiger partial charge in [0.2, 0.25) is 5.43 Å². The maximum Gasteiger partial charge on any atom is 0.213 e. The van der Waals surface area contributed by atoms with Gasteiger partial charge in [-0.15, -0.1) is 23.1 Å². The molecule has 3 nitrogen and oxygen atoms in total. The topological polar surface area (TPSA) is 31.2 Å². The highest BCUT2D eigenvalue weighted by Crippen LogP contribution is 2.31. The second-order valence-electron chi connectivity index (χ2n) is 3.35. The number of rotatable bonds is 3. The number of hydrogen-bond acceptors (Lipinski definition) is 4. The van der Waals surface area contributed by atoms with Crippen LogP contribution >= 0.6 is 23.1 Å². The first kappa shape index (κ1) is 11.5. The molecule has 0 bridgehead atoms. The molecule has 2 aromatic rings. The SMILES string of the molecule is CCOc1csc2c(=O)c(SC)cn(C)c12. The summed E-state index contributed by atoms with van der Waals surface area (Å²) in [5.41, 5.74) is 1.01.